The molecule has 0 spiro atoms. The molecule has 4 aromatic rings. The fourth-order valence-electron chi connectivity index (χ4n) is 3.88. The van der Waals surface area contributed by atoms with Gasteiger partial charge in [-0.25, -0.2) is 9.67 Å². The van der Waals surface area contributed by atoms with Gasteiger partial charge in [0.2, 0.25) is 5.91 Å². The van der Waals surface area contributed by atoms with E-state index in [0.29, 0.717) is 17.7 Å². The summed E-state index contributed by atoms with van der Waals surface area (Å²) >= 11 is 0. The first-order valence-electron chi connectivity index (χ1n) is 10.2. The number of hydrogen-bond donors (Lipinski definition) is 2. The average Bonchev–Trinajstić information content (AvgIpc) is 2.98. The standard InChI is InChI=1S/C24H21N5O2/c1-15-20-13-18(14-25-23(20)29(28-15)19-7-3-2-4-8-19)26-24(31)17-10-11-21-16(12-17)6-5-9-22(30)27-21/h2-4,7-8,10-14H,5-6,9H2,1H3,(H,26,31)(H,27,30). The number of hydrogen-bond acceptors (Lipinski definition) is 4. The fourth-order valence-corrected chi connectivity index (χ4v) is 3.88. The first kappa shape index (κ1) is 19.0. The number of carbonyl (C=O) groups excluding carboxylic acids is 2. The highest BCUT2D eigenvalue weighted by molar-refractivity contribution is 6.05. The second-order valence-electron chi connectivity index (χ2n) is 7.66. The van der Waals surface area contributed by atoms with Crippen molar-refractivity contribution >= 4 is 34.2 Å². The Hall–Kier alpha value is -4.00. The molecular formula is C24H21N5O2. The molecule has 2 N–H and O–H groups in total. The first-order chi connectivity index (χ1) is 15.1. The van der Waals surface area contributed by atoms with E-state index in [1.807, 2.05) is 49.4 Å². The highest BCUT2D eigenvalue weighted by Crippen LogP contribution is 2.25. The topological polar surface area (TPSA) is 88.9 Å². The van der Waals surface area contributed by atoms with Gasteiger partial charge < -0.3 is 10.6 Å². The van der Waals surface area contributed by atoms with Crippen LogP contribution in [0.15, 0.2) is 60.8 Å². The molecular weight excluding hydrogens is 390 g/mol. The molecule has 31 heavy (non-hydrogen) atoms. The highest BCUT2D eigenvalue weighted by atomic mass is 16.2. The van der Waals surface area contributed by atoms with Gasteiger partial charge in [-0.1, -0.05) is 18.2 Å². The van der Waals surface area contributed by atoms with Crippen LogP contribution in [0.1, 0.15) is 34.5 Å². The van der Waals surface area contributed by atoms with Crippen molar-refractivity contribution in [3.8, 4) is 5.69 Å². The molecule has 7 heteroatoms. The average molecular weight is 411 g/mol. The van der Waals surface area contributed by atoms with Crippen molar-refractivity contribution in [2.45, 2.75) is 26.2 Å². The normalized spacial score (nSPS) is 13.4. The van der Waals surface area contributed by atoms with Gasteiger partial charge in [-0.2, -0.15) is 5.10 Å². The lowest BCUT2D eigenvalue weighted by Gasteiger charge is -2.10. The molecule has 0 bridgehead atoms. The lowest BCUT2D eigenvalue weighted by molar-refractivity contribution is -0.116. The van der Waals surface area contributed by atoms with Crippen LogP contribution in [0, 0.1) is 6.92 Å². The minimum atomic E-state index is -0.215. The van der Waals surface area contributed by atoms with Gasteiger partial charge in [-0.3, -0.25) is 9.59 Å². The first-order valence-corrected chi connectivity index (χ1v) is 10.2. The second-order valence-corrected chi connectivity index (χ2v) is 7.66. The number of rotatable bonds is 3. The Labute approximate surface area is 179 Å². The van der Waals surface area contributed by atoms with Gasteiger partial charge >= 0.3 is 0 Å². The highest BCUT2D eigenvalue weighted by Gasteiger charge is 2.16. The largest absolute Gasteiger partial charge is 0.326 e. The molecule has 1 aliphatic heterocycles. The zero-order valence-electron chi connectivity index (χ0n) is 17.1. The number of anilines is 2. The number of fused-ring (bicyclic) bond motifs is 2. The van der Waals surface area contributed by atoms with Crippen molar-refractivity contribution < 1.29 is 9.59 Å². The summed E-state index contributed by atoms with van der Waals surface area (Å²) in [6, 6.07) is 17.1. The number of pyridine rings is 1. The number of para-hydroxylation sites is 1. The quantitative estimate of drug-likeness (QED) is 0.527. The summed E-state index contributed by atoms with van der Waals surface area (Å²) in [5.74, 6) is -0.200. The zero-order valence-corrected chi connectivity index (χ0v) is 17.1. The third-order valence-corrected chi connectivity index (χ3v) is 5.46. The Morgan fingerprint density at radius 2 is 1.94 bits per heavy atom. The smallest absolute Gasteiger partial charge is 0.255 e. The summed E-state index contributed by atoms with van der Waals surface area (Å²) in [5, 5.41) is 11.3. The van der Waals surface area contributed by atoms with E-state index in [0.717, 1.165) is 46.5 Å². The van der Waals surface area contributed by atoms with Gasteiger partial charge in [-0.05, 0) is 61.7 Å². The van der Waals surface area contributed by atoms with E-state index < -0.39 is 0 Å². The van der Waals surface area contributed by atoms with Gasteiger partial charge in [0, 0.05) is 23.1 Å². The van der Waals surface area contributed by atoms with Crippen LogP contribution in [-0.2, 0) is 11.2 Å². The molecule has 7 nitrogen and oxygen atoms in total. The van der Waals surface area contributed by atoms with Crippen molar-refractivity contribution in [1.82, 2.24) is 14.8 Å². The number of carbonyl (C=O) groups is 2. The van der Waals surface area contributed by atoms with Gasteiger partial charge in [0.15, 0.2) is 5.65 Å². The Kier molecular flexibility index (Phi) is 4.71. The van der Waals surface area contributed by atoms with E-state index in [4.69, 9.17) is 0 Å². The van der Waals surface area contributed by atoms with Crippen LogP contribution >= 0.6 is 0 Å². The van der Waals surface area contributed by atoms with Crippen molar-refractivity contribution in [2.75, 3.05) is 10.6 Å². The molecule has 0 radical (unpaired) electrons. The molecule has 3 heterocycles. The Balaban J connectivity index is 1.42. The van der Waals surface area contributed by atoms with Gasteiger partial charge in [0.25, 0.3) is 5.91 Å². The van der Waals surface area contributed by atoms with E-state index >= 15 is 0 Å². The summed E-state index contributed by atoms with van der Waals surface area (Å²) in [4.78, 5) is 29.1. The molecule has 2 amide bonds. The maximum Gasteiger partial charge on any atom is 0.255 e. The summed E-state index contributed by atoms with van der Waals surface area (Å²) < 4.78 is 1.80. The molecule has 5 rings (SSSR count). The minimum absolute atomic E-state index is 0.0155. The monoisotopic (exact) mass is 411 g/mol. The third-order valence-electron chi connectivity index (χ3n) is 5.46. The summed E-state index contributed by atoms with van der Waals surface area (Å²) in [6.45, 7) is 1.93. The maximum absolute atomic E-state index is 12.9. The van der Waals surface area contributed by atoms with Crippen LogP contribution in [0.5, 0.6) is 0 Å². The molecule has 2 aromatic heterocycles. The van der Waals surface area contributed by atoms with Crippen molar-refractivity contribution in [3.63, 3.8) is 0 Å². The van der Waals surface area contributed by atoms with Crippen LogP contribution in [0.3, 0.4) is 0 Å². The number of aromatic nitrogens is 3. The number of aryl methyl sites for hydroxylation is 2. The minimum Gasteiger partial charge on any atom is -0.326 e. The molecule has 154 valence electrons. The molecule has 0 atom stereocenters. The summed E-state index contributed by atoms with van der Waals surface area (Å²) in [5.41, 5.74) is 5.42. The molecule has 0 unspecified atom stereocenters. The number of nitrogens with one attached hydrogen (secondary N) is 2. The maximum atomic E-state index is 12.9. The van der Waals surface area contributed by atoms with Crippen LogP contribution in [0.2, 0.25) is 0 Å². The number of amides is 2. The zero-order chi connectivity index (χ0) is 21.4. The predicted molar refractivity (Wildman–Crippen MR) is 120 cm³/mol. The van der Waals surface area contributed by atoms with Crippen molar-refractivity contribution in [2.24, 2.45) is 0 Å². The second kappa shape index (κ2) is 7.68. The van der Waals surface area contributed by atoms with Crippen molar-refractivity contribution in [1.29, 1.82) is 0 Å². The summed E-state index contributed by atoms with van der Waals surface area (Å²) in [6.07, 6.45) is 3.68. The lowest BCUT2D eigenvalue weighted by Crippen LogP contribution is -2.13. The molecule has 0 fully saturated rings. The summed E-state index contributed by atoms with van der Waals surface area (Å²) in [7, 11) is 0. The molecule has 0 saturated heterocycles. The van der Waals surface area contributed by atoms with Gasteiger partial charge in [0.05, 0.1) is 23.3 Å². The van der Waals surface area contributed by atoms with Gasteiger partial charge in [-0.15, -0.1) is 0 Å². The molecule has 0 aliphatic carbocycles. The number of benzene rings is 2. The fraction of sp³-hybridized carbons (Fsp3) is 0.167. The van der Waals surface area contributed by atoms with Crippen LogP contribution < -0.4 is 10.6 Å². The predicted octanol–water partition coefficient (Wildman–Crippen LogP) is 4.26. The van der Waals surface area contributed by atoms with Crippen LogP contribution in [0.25, 0.3) is 16.7 Å². The van der Waals surface area contributed by atoms with E-state index in [1.54, 1.807) is 23.0 Å². The van der Waals surface area contributed by atoms with E-state index in [-0.39, 0.29) is 11.8 Å². The van der Waals surface area contributed by atoms with Gasteiger partial charge in [0.1, 0.15) is 0 Å². The molecule has 0 saturated carbocycles. The lowest BCUT2D eigenvalue weighted by atomic mass is 10.0. The molecule has 1 aliphatic rings. The van der Waals surface area contributed by atoms with E-state index in [1.165, 1.54) is 0 Å². The Morgan fingerprint density at radius 1 is 1.10 bits per heavy atom. The molecule has 2 aromatic carbocycles. The third kappa shape index (κ3) is 3.66. The Morgan fingerprint density at radius 3 is 2.77 bits per heavy atom. The number of nitrogens with zero attached hydrogens (tertiary/aromatic N) is 3. The van der Waals surface area contributed by atoms with E-state index in [2.05, 4.69) is 20.7 Å². The van der Waals surface area contributed by atoms with Crippen LogP contribution in [0.4, 0.5) is 11.4 Å². The Bertz CT molecular complexity index is 1310. The van der Waals surface area contributed by atoms with Crippen molar-refractivity contribution in [3.05, 3.63) is 77.6 Å². The van der Waals surface area contributed by atoms with E-state index in [9.17, 15) is 9.59 Å². The van der Waals surface area contributed by atoms with Crippen LogP contribution in [-0.4, -0.2) is 26.6 Å². The SMILES string of the molecule is Cc1nn(-c2ccccc2)c2ncc(NC(=O)c3ccc4c(c3)CCCC(=O)N4)cc12.